The van der Waals surface area contributed by atoms with E-state index in [2.05, 4.69) is 60.2 Å². The van der Waals surface area contributed by atoms with Crippen LogP contribution >= 0.6 is 15.9 Å². The fourth-order valence-electron chi connectivity index (χ4n) is 2.02. The van der Waals surface area contributed by atoms with Crippen molar-refractivity contribution in [2.45, 2.75) is 65.5 Å². The minimum absolute atomic E-state index is 0.613. The molecule has 0 aliphatic carbocycles. The number of hydrogen-bond acceptors (Lipinski definition) is 1. The van der Waals surface area contributed by atoms with E-state index in [1.165, 1.54) is 47.7 Å². The van der Waals surface area contributed by atoms with Crippen LogP contribution < -0.4 is 5.32 Å². The summed E-state index contributed by atoms with van der Waals surface area (Å²) >= 11 is 3.58. The molecule has 1 nitrogen and oxygen atoms in total. The number of unbranched alkanes of at least 4 members (excludes halogenated alkanes) is 3. The molecule has 0 fully saturated rings. The molecule has 1 N–H and O–H groups in total. The molecule has 1 aromatic rings. The topological polar surface area (TPSA) is 12.0 Å². The number of aryl methyl sites for hydroxylation is 1. The smallest absolute Gasteiger partial charge is 0.0208 e. The molecule has 1 unspecified atom stereocenters. The molecule has 0 spiro atoms. The van der Waals surface area contributed by atoms with Crippen molar-refractivity contribution in [2.24, 2.45) is 0 Å². The van der Waals surface area contributed by atoms with E-state index in [-0.39, 0.29) is 0 Å². The van der Waals surface area contributed by atoms with Gasteiger partial charge in [-0.15, -0.1) is 0 Å². The SMILES string of the molecule is CCCCCCC(C)NCc1ccc(C)c(Br)c1. The molecule has 0 heterocycles. The summed E-state index contributed by atoms with van der Waals surface area (Å²) in [5.41, 5.74) is 2.65. The largest absolute Gasteiger partial charge is 0.310 e. The summed E-state index contributed by atoms with van der Waals surface area (Å²) in [5.74, 6) is 0. The van der Waals surface area contributed by atoms with E-state index in [4.69, 9.17) is 0 Å². The Morgan fingerprint density at radius 1 is 1.22 bits per heavy atom. The first kappa shape index (κ1) is 15.7. The van der Waals surface area contributed by atoms with Crippen molar-refractivity contribution in [3.63, 3.8) is 0 Å². The Balaban J connectivity index is 2.24. The summed E-state index contributed by atoms with van der Waals surface area (Å²) in [6, 6.07) is 7.21. The molecule has 0 aliphatic rings. The summed E-state index contributed by atoms with van der Waals surface area (Å²) in [7, 11) is 0. The van der Waals surface area contributed by atoms with E-state index in [9.17, 15) is 0 Å². The molecule has 0 bridgehead atoms. The van der Waals surface area contributed by atoms with Crippen molar-refractivity contribution in [1.82, 2.24) is 5.32 Å². The molecule has 2 heteroatoms. The third-order valence-corrected chi connectivity index (χ3v) is 4.24. The van der Waals surface area contributed by atoms with Crippen molar-refractivity contribution >= 4 is 15.9 Å². The van der Waals surface area contributed by atoms with Crippen molar-refractivity contribution < 1.29 is 0 Å². The van der Waals surface area contributed by atoms with Crippen LogP contribution in [0.15, 0.2) is 22.7 Å². The number of benzene rings is 1. The Kier molecular flexibility index (Phi) is 7.60. The molecular weight excluding hydrogens is 286 g/mol. The van der Waals surface area contributed by atoms with E-state index in [1.807, 2.05) is 0 Å². The van der Waals surface area contributed by atoms with Crippen LogP contribution in [0.5, 0.6) is 0 Å². The molecule has 0 aromatic heterocycles. The maximum absolute atomic E-state index is 3.60. The zero-order chi connectivity index (χ0) is 13.4. The summed E-state index contributed by atoms with van der Waals surface area (Å²) in [5, 5.41) is 3.60. The quantitative estimate of drug-likeness (QED) is 0.650. The molecule has 1 aromatic carbocycles. The minimum Gasteiger partial charge on any atom is -0.310 e. The van der Waals surface area contributed by atoms with Crippen molar-refractivity contribution in [3.8, 4) is 0 Å². The van der Waals surface area contributed by atoms with Gasteiger partial charge in [-0.1, -0.05) is 60.7 Å². The van der Waals surface area contributed by atoms with Crippen LogP contribution in [0.3, 0.4) is 0 Å². The molecule has 0 amide bonds. The zero-order valence-corrected chi connectivity index (χ0v) is 13.5. The van der Waals surface area contributed by atoms with Crippen molar-refractivity contribution in [3.05, 3.63) is 33.8 Å². The van der Waals surface area contributed by atoms with Gasteiger partial charge in [0.25, 0.3) is 0 Å². The van der Waals surface area contributed by atoms with Gasteiger partial charge in [0.1, 0.15) is 0 Å². The first-order valence-electron chi connectivity index (χ1n) is 7.12. The Bertz CT molecular complexity index is 349. The summed E-state index contributed by atoms with van der Waals surface area (Å²) in [6.07, 6.45) is 6.70. The normalized spacial score (nSPS) is 12.7. The highest BCUT2D eigenvalue weighted by Gasteiger charge is 2.02. The van der Waals surface area contributed by atoms with Crippen LogP contribution in [0.25, 0.3) is 0 Å². The van der Waals surface area contributed by atoms with Crippen LogP contribution in [-0.2, 0) is 6.54 Å². The lowest BCUT2D eigenvalue weighted by atomic mass is 10.1. The van der Waals surface area contributed by atoms with E-state index >= 15 is 0 Å². The molecular formula is C16H26BrN. The first-order valence-corrected chi connectivity index (χ1v) is 7.91. The Labute approximate surface area is 120 Å². The van der Waals surface area contributed by atoms with Crippen LogP contribution in [0, 0.1) is 6.92 Å². The molecule has 18 heavy (non-hydrogen) atoms. The van der Waals surface area contributed by atoms with Gasteiger partial charge in [0.15, 0.2) is 0 Å². The summed E-state index contributed by atoms with van der Waals surface area (Å²) in [6.45, 7) is 7.64. The predicted octanol–water partition coefficient (Wildman–Crippen LogP) is 5.21. The van der Waals surface area contributed by atoms with Gasteiger partial charge in [-0.25, -0.2) is 0 Å². The van der Waals surface area contributed by atoms with Crippen LogP contribution in [0.4, 0.5) is 0 Å². The molecule has 0 saturated carbocycles. The summed E-state index contributed by atoms with van der Waals surface area (Å²) in [4.78, 5) is 0. The molecule has 102 valence electrons. The van der Waals surface area contributed by atoms with Gasteiger partial charge >= 0.3 is 0 Å². The van der Waals surface area contributed by atoms with Gasteiger partial charge in [0.2, 0.25) is 0 Å². The van der Waals surface area contributed by atoms with Gasteiger partial charge in [0, 0.05) is 17.1 Å². The lowest BCUT2D eigenvalue weighted by Crippen LogP contribution is -2.25. The van der Waals surface area contributed by atoms with E-state index in [1.54, 1.807) is 0 Å². The third kappa shape index (κ3) is 6.01. The van der Waals surface area contributed by atoms with Crippen molar-refractivity contribution in [1.29, 1.82) is 0 Å². The van der Waals surface area contributed by atoms with E-state index in [0.717, 1.165) is 6.54 Å². The molecule has 1 rings (SSSR count). The van der Waals surface area contributed by atoms with Gasteiger partial charge in [-0.05, 0) is 37.5 Å². The average Bonchev–Trinajstić information content (AvgIpc) is 2.36. The van der Waals surface area contributed by atoms with Crippen LogP contribution in [-0.4, -0.2) is 6.04 Å². The lowest BCUT2D eigenvalue weighted by Gasteiger charge is -2.14. The number of halogens is 1. The molecule has 0 radical (unpaired) electrons. The molecule has 0 saturated heterocycles. The second-order valence-corrected chi connectivity index (χ2v) is 6.07. The van der Waals surface area contributed by atoms with Crippen molar-refractivity contribution in [2.75, 3.05) is 0 Å². The van der Waals surface area contributed by atoms with Gasteiger partial charge < -0.3 is 5.32 Å². The lowest BCUT2D eigenvalue weighted by molar-refractivity contribution is 0.482. The van der Waals surface area contributed by atoms with Crippen LogP contribution in [0.1, 0.15) is 57.1 Å². The van der Waals surface area contributed by atoms with E-state index < -0.39 is 0 Å². The van der Waals surface area contributed by atoms with Gasteiger partial charge in [0.05, 0.1) is 0 Å². The Morgan fingerprint density at radius 2 is 2.00 bits per heavy atom. The fourth-order valence-corrected chi connectivity index (χ4v) is 2.44. The standard InChI is InChI=1S/C16H26BrN/c1-4-5-6-7-8-14(3)18-12-15-10-9-13(2)16(17)11-15/h9-11,14,18H,4-8,12H2,1-3H3. The monoisotopic (exact) mass is 311 g/mol. The highest BCUT2D eigenvalue weighted by Crippen LogP contribution is 2.17. The average molecular weight is 312 g/mol. The Hall–Kier alpha value is -0.340. The maximum atomic E-state index is 3.60. The highest BCUT2D eigenvalue weighted by atomic mass is 79.9. The predicted molar refractivity (Wildman–Crippen MR) is 83.9 cm³/mol. The number of nitrogens with one attached hydrogen (secondary N) is 1. The zero-order valence-electron chi connectivity index (χ0n) is 11.9. The minimum atomic E-state index is 0.613. The number of hydrogen-bond donors (Lipinski definition) is 1. The molecule has 1 atom stereocenters. The highest BCUT2D eigenvalue weighted by molar-refractivity contribution is 9.10. The van der Waals surface area contributed by atoms with Crippen LogP contribution in [0.2, 0.25) is 0 Å². The van der Waals surface area contributed by atoms with Gasteiger partial charge in [-0.3, -0.25) is 0 Å². The third-order valence-electron chi connectivity index (χ3n) is 3.38. The first-order chi connectivity index (χ1) is 8.63. The number of rotatable bonds is 8. The maximum Gasteiger partial charge on any atom is 0.0208 e. The summed E-state index contributed by atoms with van der Waals surface area (Å²) < 4.78 is 1.21. The Morgan fingerprint density at radius 3 is 2.67 bits per heavy atom. The van der Waals surface area contributed by atoms with E-state index in [0.29, 0.717) is 6.04 Å². The second-order valence-electron chi connectivity index (χ2n) is 5.21. The molecule has 0 aliphatic heterocycles. The fraction of sp³-hybridized carbons (Fsp3) is 0.625. The second kappa shape index (κ2) is 8.71. The van der Waals surface area contributed by atoms with Gasteiger partial charge in [-0.2, -0.15) is 0 Å².